The van der Waals surface area contributed by atoms with E-state index in [-0.39, 0.29) is 0 Å². The third kappa shape index (κ3) is 1.13. The van der Waals surface area contributed by atoms with Crippen LogP contribution in [0.2, 0.25) is 0 Å². The molecule has 0 bridgehead atoms. The summed E-state index contributed by atoms with van der Waals surface area (Å²) in [6.45, 7) is 7.35. The average molecular weight is 184 g/mol. The van der Waals surface area contributed by atoms with Gasteiger partial charge in [0.1, 0.15) is 0 Å². The molecule has 0 radical (unpaired) electrons. The molecule has 0 heterocycles. The van der Waals surface area contributed by atoms with Crippen LogP contribution in [0.1, 0.15) is 33.6 Å². The fourth-order valence-corrected chi connectivity index (χ4v) is 4.13. The Balaban J connectivity index is 2.03. The molecular formula is C11H20S. The highest BCUT2D eigenvalue weighted by atomic mass is 32.2. The van der Waals surface area contributed by atoms with E-state index in [1.165, 1.54) is 12.8 Å². The Morgan fingerprint density at radius 1 is 1.17 bits per heavy atom. The summed E-state index contributed by atoms with van der Waals surface area (Å²) in [5.41, 5.74) is 0.693. The van der Waals surface area contributed by atoms with Crippen LogP contribution in [0.3, 0.4) is 0 Å². The van der Waals surface area contributed by atoms with Crippen molar-refractivity contribution in [1.29, 1.82) is 0 Å². The Hall–Kier alpha value is 0.350. The third-order valence-corrected chi connectivity index (χ3v) is 5.60. The first-order valence-corrected chi connectivity index (χ1v) is 6.39. The van der Waals surface area contributed by atoms with Gasteiger partial charge in [0, 0.05) is 5.25 Å². The van der Waals surface area contributed by atoms with Crippen LogP contribution in [-0.2, 0) is 0 Å². The van der Waals surface area contributed by atoms with E-state index in [2.05, 4.69) is 38.8 Å². The van der Waals surface area contributed by atoms with Crippen molar-refractivity contribution in [2.45, 2.75) is 38.9 Å². The first-order valence-electron chi connectivity index (χ1n) is 5.10. The van der Waals surface area contributed by atoms with Crippen LogP contribution in [0.4, 0.5) is 0 Å². The molecule has 1 heteroatoms. The van der Waals surface area contributed by atoms with Crippen molar-refractivity contribution in [3.63, 3.8) is 0 Å². The smallest absolute Gasteiger partial charge is 0.00729 e. The Labute approximate surface area is 80.5 Å². The van der Waals surface area contributed by atoms with Crippen LogP contribution in [-0.4, -0.2) is 11.5 Å². The van der Waals surface area contributed by atoms with Crippen molar-refractivity contribution in [2.24, 2.45) is 23.2 Å². The third-order valence-electron chi connectivity index (χ3n) is 4.34. The summed E-state index contributed by atoms with van der Waals surface area (Å²) in [6, 6.07) is 0. The molecule has 2 fully saturated rings. The molecule has 4 atom stereocenters. The second kappa shape index (κ2) is 2.67. The van der Waals surface area contributed by atoms with Gasteiger partial charge in [0.2, 0.25) is 0 Å². The molecule has 2 saturated carbocycles. The number of hydrogen-bond acceptors (Lipinski definition) is 1. The molecule has 2 rings (SSSR count). The van der Waals surface area contributed by atoms with Crippen LogP contribution in [0.5, 0.6) is 0 Å². The van der Waals surface area contributed by atoms with Crippen molar-refractivity contribution in [3.8, 4) is 0 Å². The summed E-state index contributed by atoms with van der Waals surface area (Å²) in [4.78, 5) is 0. The van der Waals surface area contributed by atoms with Gasteiger partial charge in [-0.1, -0.05) is 20.8 Å². The largest absolute Gasteiger partial charge is 0.162 e. The predicted molar refractivity (Wildman–Crippen MR) is 56.5 cm³/mol. The van der Waals surface area contributed by atoms with Gasteiger partial charge < -0.3 is 0 Å². The van der Waals surface area contributed by atoms with E-state index in [1.54, 1.807) is 0 Å². The van der Waals surface area contributed by atoms with E-state index in [0.29, 0.717) is 5.41 Å². The lowest BCUT2D eigenvalue weighted by Gasteiger charge is -2.26. The second-order valence-electron chi connectivity index (χ2n) is 5.26. The lowest BCUT2D eigenvalue weighted by Crippen LogP contribution is -2.20. The molecule has 70 valence electrons. The van der Waals surface area contributed by atoms with Gasteiger partial charge in [-0.15, -0.1) is 0 Å². The Bertz CT molecular complexity index is 185. The topological polar surface area (TPSA) is 0 Å². The molecule has 0 spiro atoms. The van der Waals surface area contributed by atoms with E-state index in [4.69, 9.17) is 0 Å². The van der Waals surface area contributed by atoms with Gasteiger partial charge in [0.15, 0.2) is 0 Å². The highest BCUT2D eigenvalue weighted by molar-refractivity contribution is 7.99. The number of fused-ring (bicyclic) bond motifs is 1. The van der Waals surface area contributed by atoms with E-state index >= 15 is 0 Å². The maximum atomic E-state index is 2.46. The van der Waals surface area contributed by atoms with Gasteiger partial charge in [-0.2, -0.15) is 11.8 Å². The SMILES string of the molecule is CS[C@H]1C[C@@H]2[C@H](C[C@H]1C)C2(C)C. The molecule has 0 nitrogen and oxygen atoms in total. The molecule has 0 aromatic carbocycles. The zero-order chi connectivity index (χ0) is 8.93. The van der Waals surface area contributed by atoms with Crippen LogP contribution in [0.15, 0.2) is 0 Å². The summed E-state index contributed by atoms with van der Waals surface area (Å²) in [6.07, 6.45) is 5.25. The van der Waals surface area contributed by atoms with Gasteiger partial charge >= 0.3 is 0 Å². The molecule has 0 N–H and O–H groups in total. The Morgan fingerprint density at radius 2 is 1.75 bits per heavy atom. The lowest BCUT2D eigenvalue weighted by atomic mass is 9.90. The Kier molecular flexibility index (Phi) is 1.98. The van der Waals surface area contributed by atoms with Crippen LogP contribution < -0.4 is 0 Å². The zero-order valence-corrected chi connectivity index (χ0v) is 9.45. The molecule has 2 aliphatic rings. The summed E-state index contributed by atoms with van der Waals surface area (Å²) in [5, 5.41) is 0.952. The summed E-state index contributed by atoms with van der Waals surface area (Å²) < 4.78 is 0. The number of thioether (sulfide) groups is 1. The van der Waals surface area contributed by atoms with Gasteiger partial charge in [-0.25, -0.2) is 0 Å². The molecule has 0 amide bonds. The molecule has 0 aromatic heterocycles. The fraction of sp³-hybridized carbons (Fsp3) is 1.00. The second-order valence-corrected chi connectivity index (χ2v) is 6.33. The predicted octanol–water partition coefficient (Wildman–Crippen LogP) is 3.42. The molecule has 0 aliphatic heterocycles. The zero-order valence-electron chi connectivity index (χ0n) is 8.63. The highest BCUT2D eigenvalue weighted by Gasteiger charge is 2.60. The number of hydrogen-bond donors (Lipinski definition) is 0. The molecule has 2 aliphatic carbocycles. The van der Waals surface area contributed by atoms with Crippen molar-refractivity contribution in [1.82, 2.24) is 0 Å². The Morgan fingerprint density at radius 3 is 2.33 bits per heavy atom. The van der Waals surface area contributed by atoms with E-state index in [9.17, 15) is 0 Å². The molecule has 0 saturated heterocycles. The van der Waals surface area contributed by atoms with Crippen molar-refractivity contribution >= 4 is 11.8 Å². The maximum Gasteiger partial charge on any atom is 0.00729 e. The minimum absolute atomic E-state index is 0.693. The number of rotatable bonds is 1. The highest BCUT2D eigenvalue weighted by Crippen LogP contribution is 2.66. The van der Waals surface area contributed by atoms with Crippen LogP contribution >= 0.6 is 11.8 Å². The maximum absolute atomic E-state index is 2.46. The van der Waals surface area contributed by atoms with Crippen LogP contribution in [0, 0.1) is 23.2 Å². The monoisotopic (exact) mass is 184 g/mol. The van der Waals surface area contributed by atoms with Gasteiger partial charge in [-0.05, 0) is 42.3 Å². The van der Waals surface area contributed by atoms with Gasteiger partial charge in [-0.3, -0.25) is 0 Å². The molecule has 0 aromatic rings. The van der Waals surface area contributed by atoms with Crippen molar-refractivity contribution in [3.05, 3.63) is 0 Å². The van der Waals surface area contributed by atoms with Crippen LogP contribution in [0.25, 0.3) is 0 Å². The van der Waals surface area contributed by atoms with E-state index < -0.39 is 0 Å². The first kappa shape index (κ1) is 8.93. The first-order chi connectivity index (χ1) is 5.57. The summed E-state index contributed by atoms with van der Waals surface area (Å²) >= 11 is 2.08. The van der Waals surface area contributed by atoms with Crippen molar-refractivity contribution in [2.75, 3.05) is 6.26 Å². The fourth-order valence-electron chi connectivity index (χ4n) is 3.16. The standard InChI is InChI=1S/C11H20S/c1-7-5-8-9(11(8,2)3)6-10(7)12-4/h7-10H,5-6H2,1-4H3/t7-,8+,9-,10+/m1/s1. The minimum Gasteiger partial charge on any atom is -0.162 e. The van der Waals surface area contributed by atoms with Gasteiger partial charge in [0.05, 0.1) is 0 Å². The van der Waals surface area contributed by atoms with Crippen molar-refractivity contribution < 1.29 is 0 Å². The molecule has 0 unspecified atom stereocenters. The lowest BCUT2D eigenvalue weighted by molar-refractivity contribution is 0.379. The minimum atomic E-state index is 0.693. The quantitative estimate of drug-likeness (QED) is 0.602. The van der Waals surface area contributed by atoms with Gasteiger partial charge in [0.25, 0.3) is 0 Å². The summed E-state index contributed by atoms with van der Waals surface area (Å²) in [7, 11) is 0. The average Bonchev–Trinajstić information content (AvgIpc) is 2.52. The van der Waals surface area contributed by atoms with E-state index in [1.807, 2.05) is 0 Å². The normalized spacial score (nSPS) is 50.0. The van der Waals surface area contributed by atoms with E-state index in [0.717, 1.165) is 23.0 Å². The summed E-state index contributed by atoms with van der Waals surface area (Å²) in [5.74, 6) is 3.09. The molecule has 12 heavy (non-hydrogen) atoms. The molecular weight excluding hydrogens is 164 g/mol.